The zero-order valence-electron chi connectivity index (χ0n) is 16.2. The van der Waals surface area contributed by atoms with Gasteiger partial charge in [0.15, 0.2) is 0 Å². The molecule has 0 aromatic heterocycles. The molecule has 2 aromatic carbocycles. The van der Waals surface area contributed by atoms with Gasteiger partial charge >= 0.3 is 11.8 Å². The largest absolute Gasteiger partial charge is 0.372 e. The Balaban J connectivity index is 1.92. The fraction of sp³-hybridized carbons (Fsp3) is 0.286. The molecule has 0 unspecified atom stereocenters. The molecule has 0 saturated carbocycles. The van der Waals surface area contributed by atoms with E-state index in [2.05, 4.69) is 34.6 Å². The Bertz CT molecular complexity index is 825. The molecule has 2 N–H and O–H groups in total. The molecule has 0 fully saturated rings. The highest BCUT2D eigenvalue weighted by Crippen LogP contribution is 2.16. The molecule has 142 valence electrons. The van der Waals surface area contributed by atoms with Gasteiger partial charge in [0.2, 0.25) is 0 Å². The summed E-state index contributed by atoms with van der Waals surface area (Å²) in [5, 5.41) is 6.46. The van der Waals surface area contributed by atoms with E-state index in [1.54, 1.807) is 0 Å². The lowest BCUT2D eigenvalue weighted by Crippen LogP contribution is -2.32. The number of hydrogen-bond donors (Lipinski definition) is 2. The molecule has 6 heteroatoms. The highest BCUT2D eigenvalue weighted by molar-refractivity contribution is 6.39. The normalized spacial score (nSPS) is 10.7. The SMILES string of the molecule is CCN(CC)c1ccc(C=NNC(=O)C(=O)Nc2cc(C)ccc2C)cc1. The van der Waals surface area contributed by atoms with Crippen LogP contribution in [-0.2, 0) is 9.59 Å². The van der Waals surface area contributed by atoms with Gasteiger partial charge < -0.3 is 10.2 Å². The van der Waals surface area contributed by atoms with E-state index in [-0.39, 0.29) is 0 Å². The van der Waals surface area contributed by atoms with E-state index in [1.807, 2.05) is 56.3 Å². The van der Waals surface area contributed by atoms with Crippen molar-refractivity contribution in [3.8, 4) is 0 Å². The standard InChI is InChI=1S/C21H26N4O2/c1-5-25(6-2)18-11-9-17(10-12-18)14-22-24-21(27)20(26)23-19-13-15(3)7-8-16(19)4/h7-14H,5-6H2,1-4H3,(H,23,26)(H,24,27). The van der Waals surface area contributed by atoms with Crippen LogP contribution < -0.4 is 15.6 Å². The average molecular weight is 366 g/mol. The van der Waals surface area contributed by atoms with Gasteiger partial charge in [0.25, 0.3) is 0 Å². The van der Waals surface area contributed by atoms with Crippen LogP contribution in [0.3, 0.4) is 0 Å². The topological polar surface area (TPSA) is 73.8 Å². The van der Waals surface area contributed by atoms with Crippen molar-refractivity contribution in [2.24, 2.45) is 5.10 Å². The summed E-state index contributed by atoms with van der Waals surface area (Å²) in [6, 6.07) is 13.5. The monoisotopic (exact) mass is 366 g/mol. The molecule has 0 bridgehead atoms. The third-order valence-corrected chi connectivity index (χ3v) is 4.25. The minimum Gasteiger partial charge on any atom is -0.372 e. The third-order valence-electron chi connectivity index (χ3n) is 4.25. The highest BCUT2D eigenvalue weighted by atomic mass is 16.2. The van der Waals surface area contributed by atoms with Crippen LogP contribution in [0.15, 0.2) is 47.6 Å². The van der Waals surface area contributed by atoms with Crippen LogP contribution in [0.5, 0.6) is 0 Å². The van der Waals surface area contributed by atoms with Gasteiger partial charge in [-0.3, -0.25) is 9.59 Å². The zero-order valence-corrected chi connectivity index (χ0v) is 16.2. The molecular formula is C21H26N4O2. The van der Waals surface area contributed by atoms with Gasteiger partial charge in [0, 0.05) is 24.5 Å². The quantitative estimate of drug-likeness (QED) is 0.468. The lowest BCUT2D eigenvalue weighted by Gasteiger charge is -2.20. The number of nitrogens with zero attached hydrogens (tertiary/aromatic N) is 2. The number of nitrogens with one attached hydrogen (secondary N) is 2. The van der Waals surface area contributed by atoms with E-state index in [0.29, 0.717) is 5.69 Å². The summed E-state index contributed by atoms with van der Waals surface area (Å²) >= 11 is 0. The first-order valence-electron chi connectivity index (χ1n) is 9.01. The molecule has 6 nitrogen and oxygen atoms in total. The number of benzene rings is 2. The van der Waals surface area contributed by atoms with Crippen molar-refractivity contribution in [2.75, 3.05) is 23.3 Å². The van der Waals surface area contributed by atoms with E-state index >= 15 is 0 Å². The Morgan fingerprint density at radius 1 is 1.00 bits per heavy atom. The van der Waals surface area contributed by atoms with Crippen LogP contribution in [0.25, 0.3) is 0 Å². The second-order valence-electron chi connectivity index (χ2n) is 6.24. The third kappa shape index (κ3) is 5.67. The predicted octanol–water partition coefficient (Wildman–Crippen LogP) is 3.24. The fourth-order valence-electron chi connectivity index (χ4n) is 2.63. The smallest absolute Gasteiger partial charge is 0.329 e. The molecule has 0 radical (unpaired) electrons. The van der Waals surface area contributed by atoms with Crippen molar-refractivity contribution in [1.82, 2.24) is 5.43 Å². The molecule has 2 aromatic rings. The van der Waals surface area contributed by atoms with Crippen molar-refractivity contribution in [1.29, 1.82) is 0 Å². The predicted molar refractivity (Wildman–Crippen MR) is 110 cm³/mol. The van der Waals surface area contributed by atoms with E-state index < -0.39 is 11.8 Å². The van der Waals surface area contributed by atoms with Gasteiger partial charge in [-0.1, -0.05) is 24.3 Å². The summed E-state index contributed by atoms with van der Waals surface area (Å²) in [6.07, 6.45) is 1.51. The molecule has 27 heavy (non-hydrogen) atoms. The number of hydrogen-bond acceptors (Lipinski definition) is 4. The second kappa shape index (κ2) is 9.52. The molecule has 0 heterocycles. The van der Waals surface area contributed by atoms with Crippen LogP contribution in [0, 0.1) is 13.8 Å². The minimum absolute atomic E-state index is 0.617. The number of amides is 2. The zero-order chi connectivity index (χ0) is 19.8. The molecule has 2 rings (SSSR count). The maximum Gasteiger partial charge on any atom is 0.329 e. The van der Waals surface area contributed by atoms with Gasteiger partial charge in [-0.05, 0) is 62.6 Å². The summed E-state index contributed by atoms with van der Waals surface area (Å²) in [5.74, 6) is -1.57. The van der Waals surface area contributed by atoms with Gasteiger partial charge in [-0.2, -0.15) is 5.10 Å². The molecular weight excluding hydrogens is 340 g/mol. The molecule has 0 aliphatic carbocycles. The van der Waals surface area contributed by atoms with Crippen LogP contribution in [0.4, 0.5) is 11.4 Å². The van der Waals surface area contributed by atoms with Gasteiger partial charge in [-0.25, -0.2) is 5.43 Å². The Hall–Kier alpha value is -3.15. The fourth-order valence-corrected chi connectivity index (χ4v) is 2.63. The van der Waals surface area contributed by atoms with Crippen molar-refractivity contribution in [3.63, 3.8) is 0 Å². The second-order valence-corrected chi connectivity index (χ2v) is 6.24. The Kier molecular flexibility index (Phi) is 7.11. The molecule has 2 amide bonds. The van der Waals surface area contributed by atoms with Crippen LogP contribution in [-0.4, -0.2) is 31.1 Å². The first-order valence-corrected chi connectivity index (χ1v) is 9.01. The number of anilines is 2. The van der Waals surface area contributed by atoms with Crippen molar-refractivity contribution in [3.05, 3.63) is 59.2 Å². The highest BCUT2D eigenvalue weighted by Gasteiger charge is 2.14. The summed E-state index contributed by atoms with van der Waals surface area (Å²) in [4.78, 5) is 26.1. The first kappa shape index (κ1) is 20.2. The minimum atomic E-state index is -0.813. The number of rotatable bonds is 6. The van der Waals surface area contributed by atoms with Crippen LogP contribution >= 0.6 is 0 Å². The number of carbonyl (C=O) groups excluding carboxylic acids is 2. The number of aryl methyl sites for hydroxylation is 2. The van der Waals surface area contributed by atoms with Crippen molar-refractivity contribution < 1.29 is 9.59 Å². The number of hydrazone groups is 1. The van der Waals surface area contributed by atoms with Gasteiger partial charge in [-0.15, -0.1) is 0 Å². The molecule has 0 spiro atoms. The van der Waals surface area contributed by atoms with Crippen LogP contribution in [0.1, 0.15) is 30.5 Å². The van der Waals surface area contributed by atoms with Gasteiger partial charge in [0.1, 0.15) is 0 Å². The van der Waals surface area contributed by atoms with Crippen molar-refractivity contribution in [2.45, 2.75) is 27.7 Å². The van der Waals surface area contributed by atoms with E-state index in [0.717, 1.165) is 35.5 Å². The summed E-state index contributed by atoms with van der Waals surface area (Å²) in [5.41, 5.74) is 6.73. The number of carbonyl (C=O) groups is 2. The Morgan fingerprint density at radius 3 is 2.30 bits per heavy atom. The lowest BCUT2D eigenvalue weighted by molar-refractivity contribution is -0.136. The molecule has 0 aliphatic rings. The molecule has 0 saturated heterocycles. The lowest BCUT2D eigenvalue weighted by atomic mass is 10.1. The average Bonchev–Trinajstić information content (AvgIpc) is 2.66. The summed E-state index contributed by atoms with van der Waals surface area (Å²) < 4.78 is 0. The van der Waals surface area contributed by atoms with E-state index in [1.165, 1.54) is 6.21 Å². The summed E-state index contributed by atoms with van der Waals surface area (Å²) in [6.45, 7) is 9.89. The Labute approximate surface area is 160 Å². The van der Waals surface area contributed by atoms with Crippen LogP contribution in [0.2, 0.25) is 0 Å². The van der Waals surface area contributed by atoms with Gasteiger partial charge in [0.05, 0.1) is 6.21 Å². The molecule has 0 aliphatic heterocycles. The van der Waals surface area contributed by atoms with Crippen molar-refractivity contribution >= 4 is 29.4 Å². The summed E-state index contributed by atoms with van der Waals surface area (Å²) in [7, 11) is 0. The maximum absolute atomic E-state index is 12.0. The first-order chi connectivity index (χ1) is 12.9. The maximum atomic E-state index is 12.0. The Morgan fingerprint density at radius 2 is 1.67 bits per heavy atom. The van der Waals surface area contributed by atoms with E-state index in [9.17, 15) is 9.59 Å². The molecule has 0 atom stereocenters. The van der Waals surface area contributed by atoms with E-state index in [4.69, 9.17) is 0 Å².